The molecule has 0 fully saturated rings. The maximum Gasteiger partial charge on any atom is 0.150 e. The van der Waals surface area contributed by atoms with Crippen molar-refractivity contribution in [1.29, 1.82) is 0 Å². The molecule has 0 aliphatic heterocycles. The lowest BCUT2D eigenvalue weighted by Crippen LogP contribution is -1.80. The molecule has 0 spiro atoms. The van der Waals surface area contributed by atoms with Crippen molar-refractivity contribution in [2.75, 3.05) is 5.75 Å². The second-order valence-corrected chi connectivity index (χ2v) is 3.88. The molecule has 0 saturated carbocycles. The molecule has 0 N–H and O–H groups in total. The second-order valence-electron chi connectivity index (χ2n) is 2.71. The summed E-state index contributed by atoms with van der Waals surface area (Å²) < 4.78 is 0. The van der Waals surface area contributed by atoms with Gasteiger partial charge in [0.2, 0.25) is 0 Å². The van der Waals surface area contributed by atoms with Gasteiger partial charge in [0.1, 0.15) is 6.29 Å². The molecule has 0 amide bonds. The lowest BCUT2D eigenvalue weighted by molar-refractivity contribution is 0.112. The largest absolute Gasteiger partial charge is 0.298 e. The van der Waals surface area contributed by atoms with Crippen molar-refractivity contribution in [3.8, 4) is 11.8 Å². The van der Waals surface area contributed by atoms with E-state index in [1.165, 1.54) is 4.90 Å². The number of thioether (sulfide) groups is 1. The van der Waals surface area contributed by atoms with Crippen molar-refractivity contribution < 1.29 is 4.79 Å². The van der Waals surface area contributed by atoms with Crippen LogP contribution < -0.4 is 0 Å². The zero-order chi connectivity index (χ0) is 10.2. The first kappa shape index (κ1) is 10.9. The quantitative estimate of drug-likeness (QED) is 0.324. The van der Waals surface area contributed by atoms with Crippen LogP contribution in [-0.4, -0.2) is 12.0 Å². The van der Waals surface area contributed by atoms with E-state index in [9.17, 15) is 4.79 Å². The van der Waals surface area contributed by atoms with E-state index in [0.29, 0.717) is 0 Å². The van der Waals surface area contributed by atoms with Crippen LogP contribution in [0.15, 0.2) is 29.2 Å². The predicted molar refractivity (Wildman–Crippen MR) is 60.6 cm³/mol. The van der Waals surface area contributed by atoms with Crippen molar-refractivity contribution in [2.24, 2.45) is 0 Å². The molecule has 2 heteroatoms. The summed E-state index contributed by atoms with van der Waals surface area (Å²) in [4.78, 5) is 11.6. The highest BCUT2D eigenvalue weighted by molar-refractivity contribution is 7.99. The van der Waals surface area contributed by atoms with Crippen molar-refractivity contribution >= 4 is 18.0 Å². The number of carbonyl (C=O) groups is 1. The van der Waals surface area contributed by atoms with Gasteiger partial charge < -0.3 is 0 Å². The molecule has 0 aliphatic carbocycles. The van der Waals surface area contributed by atoms with E-state index >= 15 is 0 Å². The van der Waals surface area contributed by atoms with Gasteiger partial charge in [0.05, 0.1) is 0 Å². The van der Waals surface area contributed by atoms with E-state index < -0.39 is 0 Å². The summed E-state index contributed by atoms with van der Waals surface area (Å²) in [5.41, 5.74) is 0.725. The molecule has 14 heavy (non-hydrogen) atoms. The standard InChI is InChI=1S/C12H12OS/c1-2-3-4-9-14-12-7-5-11(10-13)6-8-12/h5-8,10H,4,9H2,1H3. The third kappa shape index (κ3) is 3.68. The summed E-state index contributed by atoms with van der Waals surface area (Å²) in [6.45, 7) is 1.85. The van der Waals surface area contributed by atoms with E-state index in [2.05, 4.69) is 11.8 Å². The summed E-state index contributed by atoms with van der Waals surface area (Å²) in [7, 11) is 0. The van der Waals surface area contributed by atoms with Gasteiger partial charge in [-0.3, -0.25) is 4.79 Å². The number of hydrogen-bond acceptors (Lipinski definition) is 2. The highest BCUT2D eigenvalue weighted by atomic mass is 32.2. The summed E-state index contributed by atoms with van der Waals surface area (Å²) in [5.74, 6) is 6.88. The first-order chi connectivity index (χ1) is 6.86. The summed E-state index contributed by atoms with van der Waals surface area (Å²) in [5, 5.41) is 0. The van der Waals surface area contributed by atoms with Crippen LogP contribution in [0.4, 0.5) is 0 Å². The number of hydrogen-bond donors (Lipinski definition) is 0. The SMILES string of the molecule is CC#CCCSc1ccc(C=O)cc1. The minimum Gasteiger partial charge on any atom is -0.298 e. The molecule has 0 saturated heterocycles. The Morgan fingerprint density at radius 1 is 1.36 bits per heavy atom. The van der Waals surface area contributed by atoms with Crippen LogP contribution in [0.1, 0.15) is 23.7 Å². The van der Waals surface area contributed by atoms with Crippen molar-refractivity contribution in [2.45, 2.75) is 18.2 Å². The van der Waals surface area contributed by atoms with Crippen LogP contribution in [0.2, 0.25) is 0 Å². The van der Waals surface area contributed by atoms with Crippen molar-refractivity contribution in [3.05, 3.63) is 29.8 Å². The topological polar surface area (TPSA) is 17.1 Å². The van der Waals surface area contributed by atoms with Gasteiger partial charge in [-0.1, -0.05) is 12.1 Å². The Kier molecular flexibility index (Phi) is 4.88. The highest BCUT2D eigenvalue weighted by Gasteiger charge is 1.93. The van der Waals surface area contributed by atoms with Crippen LogP contribution in [0.5, 0.6) is 0 Å². The average Bonchev–Trinajstić information content (AvgIpc) is 2.25. The monoisotopic (exact) mass is 204 g/mol. The number of aldehydes is 1. The van der Waals surface area contributed by atoms with Gasteiger partial charge in [0, 0.05) is 22.6 Å². The maximum atomic E-state index is 10.4. The lowest BCUT2D eigenvalue weighted by Gasteiger charge is -1.98. The predicted octanol–water partition coefficient (Wildman–Crippen LogP) is 3.00. The van der Waals surface area contributed by atoms with E-state index in [1.54, 1.807) is 11.8 Å². The van der Waals surface area contributed by atoms with Gasteiger partial charge in [0.25, 0.3) is 0 Å². The second kappa shape index (κ2) is 6.28. The van der Waals surface area contributed by atoms with E-state index in [0.717, 1.165) is 24.0 Å². The molecule has 0 radical (unpaired) electrons. The van der Waals surface area contributed by atoms with Gasteiger partial charge in [0.15, 0.2) is 0 Å². The van der Waals surface area contributed by atoms with Crippen LogP contribution in [0, 0.1) is 11.8 Å². The minimum atomic E-state index is 0.725. The van der Waals surface area contributed by atoms with Crippen molar-refractivity contribution in [3.63, 3.8) is 0 Å². The zero-order valence-electron chi connectivity index (χ0n) is 8.12. The van der Waals surface area contributed by atoms with E-state index in [-0.39, 0.29) is 0 Å². The Labute approximate surface area is 88.9 Å². The summed E-state index contributed by atoms with van der Waals surface area (Å²) in [6.07, 6.45) is 1.77. The number of benzene rings is 1. The minimum absolute atomic E-state index is 0.725. The van der Waals surface area contributed by atoms with Gasteiger partial charge in [-0.05, 0) is 19.1 Å². The van der Waals surface area contributed by atoms with Gasteiger partial charge in [-0.15, -0.1) is 23.6 Å². The molecule has 0 aliphatic rings. The molecule has 0 bridgehead atoms. The maximum absolute atomic E-state index is 10.4. The summed E-state index contributed by atoms with van der Waals surface area (Å²) in [6, 6.07) is 7.60. The Morgan fingerprint density at radius 2 is 2.07 bits per heavy atom. The third-order valence-corrected chi connectivity index (χ3v) is 2.70. The van der Waals surface area contributed by atoms with Gasteiger partial charge >= 0.3 is 0 Å². The lowest BCUT2D eigenvalue weighted by atomic mass is 10.2. The average molecular weight is 204 g/mol. The highest BCUT2D eigenvalue weighted by Crippen LogP contribution is 2.18. The van der Waals surface area contributed by atoms with Crippen LogP contribution in [0.3, 0.4) is 0 Å². The van der Waals surface area contributed by atoms with Gasteiger partial charge in [-0.25, -0.2) is 0 Å². The van der Waals surface area contributed by atoms with Crippen LogP contribution >= 0.6 is 11.8 Å². The molecular formula is C12H12OS. The van der Waals surface area contributed by atoms with E-state index in [4.69, 9.17) is 0 Å². The zero-order valence-corrected chi connectivity index (χ0v) is 8.93. The third-order valence-electron chi connectivity index (χ3n) is 1.69. The molecule has 0 aromatic heterocycles. The fourth-order valence-electron chi connectivity index (χ4n) is 0.988. The Morgan fingerprint density at radius 3 is 2.64 bits per heavy atom. The Bertz CT molecular complexity index is 343. The Hall–Kier alpha value is -1.20. The molecular weight excluding hydrogens is 192 g/mol. The van der Waals surface area contributed by atoms with Gasteiger partial charge in [-0.2, -0.15) is 0 Å². The molecule has 72 valence electrons. The molecule has 1 aromatic carbocycles. The Balaban J connectivity index is 2.42. The molecule has 0 unspecified atom stereocenters. The van der Waals surface area contributed by atoms with Crippen LogP contribution in [0.25, 0.3) is 0 Å². The molecule has 0 atom stereocenters. The summed E-state index contributed by atoms with van der Waals surface area (Å²) >= 11 is 1.76. The fourth-order valence-corrected chi connectivity index (χ4v) is 1.76. The molecule has 1 nitrogen and oxygen atoms in total. The fraction of sp³-hybridized carbons (Fsp3) is 0.250. The first-order valence-corrected chi connectivity index (χ1v) is 5.43. The molecule has 1 rings (SSSR count). The normalized spacial score (nSPS) is 8.93. The number of rotatable bonds is 4. The van der Waals surface area contributed by atoms with E-state index in [1.807, 2.05) is 31.2 Å². The molecule has 1 aromatic rings. The first-order valence-electron chi connectivity index (χ1n) is 4.44. The van der Waals surface area contributed by atoms with Crippen LogP contribution in [-0.2, 0) is 0 Å². The smallest absolute Gasteiger partial charge is 0.150 e. The van der Waals surface area contributed by atoms with Crippen molar-refractivity contribution in [1.82, 2.24) is 0 Å². The number of carbonyl (C=O) groups excluding carboxylic acids is 1. The molecule has 0 heterocycles.